The van der Waals surface area contributed by atoms with Crippen LogP contribution in [0.2, 0.25) is 0 Å². The summed E-state index contributed by atoms with van der Waals surface area (Å²) >= 11 is 0. The van der Waals surface area contributed by atoms with E-state index in [-0.39, 0.29) is 5.54 Å². The molecule has 0 aliphatic heterocycles. The fourth-order valence-electron chi connectivity index (χ4n) is 2.05. The highest BCUT2D eigenvalue weighted by Crippen LogP contribution is 2.25. The molecule has 17 heavy (non-hydrogen) atoms. The number of nitrogens with zero attached hydrogens (tertiary/aromatic N) is 2. The topological polar surface area (TPSA) is 49.8 Å². The third-order valence-corrected chi connectivity index (χ3v) is 3.52. The van der Waals surface area contributed by atoms with E-state index in [1.807, 2.05) is 20.0 Å². The number of hydrogen-bond acceptors (Lipinski definition) is 4. The Hall–Kier alpha value is -1.32. The molecule has 4 nitrogen and oxygen atoms in total. The van der Waals surface area contributed by atoms with E-state index in [0.29, 0.717) is 0 Å². The third-order valence-electron chi connectivity index (χ3n) is 3.52. The number of hydrogen-bond donors (Lipinski definition) is 2. The van der Waals surface area contributed by atoms with Gasteiger partial charge in [-0.05, 0) is 26.2 Å². The smallest absolute Gasteiger partial charge is 0.132 e. The molecule has 0 amide bonds. The van der Waals surface area contributed by atoms with E-state index in [4.69, 9.17) is 0 Å². The second-order valence-corrected chi connectivity index (χ2v) is 4.40. The fraction of sp³-hybridized carbons (Fsp3) is 0.692. The van der Waals surface area contributed by atoms with Gasteiger partial charge < -0.3 is 10.6 Å². The minimum atomic E-state index is 0.145. The first kappa shape index (κ1) is 13.7. The van der Waals surface area contributed by atoms with Crippen LogP contribution in [0.25, 0.3) is 0 Å². The van der Waals surface area contributed by atoms with E-state index in [0.717, 1.165) is 36.7 Å². The highest BCUT2D eigenvalue weighted by Gasteiger charge is 2.24. The molecular weight excluding hydrogens is 212 g/mol. The number of rotatable bonds is 6. The Kier molecular flexibility index (Phi) is 4.73. The van der Waals surface area contributed by atoms with E-state index < -0.39 is 0 Å². The van der Waals surface area contributed by atoms with Gasteiger partial charge in [-0.15, -0.1) is 0 Å². The SMILES string of the molecule is CCC(CC)(CC)Nc1cc(NC)nc(C)n1. The van der Waals surface area contributed by atoms with Crippen LogP contribution in [0.3, 0.4) is 0 Å². The summed E-state index contributed by atoms with van der Waals surface area (Å²) in [5.74, 6) is 2.56. The second kappa shape index (κ2) is 5.84. The van der Waals surface area contributed by atoms with Gasteiger partial charge in [-0.2, -0.15) is 0 Å². The van der Waals surface area contributed by atoms with Gasteiger partial charge in [-0.3, -0.25) is 0 Å². The highest BCUT2D eigenvalue weighted by molar-refractivity contribution is 5.48. The van der Waals surface area contributed by atoms with E-state index in [1.54, 1.807) is 0 Å². The number of aryl methyl sites for hydroxylation is 1. The summed E-state index contributed by atoms with van der Waals surface area (Å²) in [6.45, 7) is 8.56. The van der Waals surface area contributed by atoms with E-state index in [2.05, 4.69) is 41.4 Å². The monoisotopic (exact) mass is 236 g/mol. The Labute approximate surface area is 104 Å². The number of aromatic nitrogens is 2. The number of nitrogens with one attached hydrogen (secondary N) is 2. The molecule has 0 radical (unpaired) electrons. The van der Waals surface area contributed by atoms with Crippen LogP contribution in [0.1, 0.15) is 45.9 Å². The van der Waals surface area contributed by atoms with Crippen molar-refractivity contribution < 1.29 is 0 Å². The summed E-state index contributed by atoms with van der Waals surface area (Å²) < 4.78 is 0. The zero-order chi connectivity index (χ0) is 12.9. The first-order valence-corrected chi connectivity index (χ1v) is 6.40. The molecule has 0 saturated heterocycles. The molecule has 0 spiro atoms. The van der Waals surface area contributed by atoms with Crippen LogP contribution in [0, 0.1) is 6.92 Å². The minimum Gasteiger partial charge on any atom is -0.373 e. The molecule has 0 aliphatic carbocycles. The van der Waals surface area contributed by atoms with Gasteiger partial charge in [0.05, 0.1) is 0 Å². The second-order valence-electron chi connectivity index (χ2n) is 4.40. The molecule has 4 heteroatoms. The van der Waals surface area contributed by atoms with Gasteiger partial charge in [0.15, 0.2) is 0 Å². The summed E-state index contributed by atoms with van der Waals surface area (Å²) in [6, 6.07) is 1.96. The molecule has 1 aromatic rings. The summed E-state index contributed by atoms with van der Waals surface area (Å²) in [5.41, 5.74) is 0.145. The molecule has 0 bridgehead atoms. The van der Waals surface area contributed by atoms with Crippen LogP contribution in [-0.2, 0) is 0 Å². The van der Waals surface area contributed by atoms with Gasteiger partial charge in [0.2, 0.25) is 0 Å². The molecule has 0 aromatic carbocycles. The van der Waals surface area contributed by atoms with Crippen LogP contribution in [0.5, 0.6) is 0 Å². The Balaban J connectivity index is 2.96. The largest absolute Gasteiger partial charge is 0.373 e. The van der Waals surface area contributed by atoms with Crippen molar-refractivity contribution >= 4 is 11.6 Å². The van der Waals surface area contributed by atoms with E-state index >= 15 is 0 Å². The average molecular weight is 236 g/mol. The molecular formula is C13H24N4. The minimum absolute atomic E-state index is 0.145. The third kappa shape index (κ3) is 3.32. The average Bonchev–Trinajstić information content (AvgIpc) is 2.35. The first-order valence-electron chi connectivity index (χ1n) is 6.40. The summed E-state index contributed by atoms with van der Waals surface area (Å²) in [7, 11) is 1.87. The molecule has 96 valence electrons. The van der Waals surface area contributed by atoms with Crippen LogP contribution in [0.4, 0.5) is 11.6 Å². The highest BCUT2D eigenvalue weighted by atomic mass is 15.1. The van der Waals surface area contributed by atoms with Crippen LogP contribution in [-0.4, -0.2) is 22.6 Å². The first-order chi connectivity index (χ1) is 8.09. The Morgan fingerprint density at radius 3 is 2.06 bits per heavy atom. The van der Waals surface area contributed by atoms with Gasteiger partial charge in [-0.25, -0.2) is 9.97 Å². The maximum atomic E-state index is 4.45. The van der Waals surface area contributed by atoms with Crippen molar-refractivity contribution in [1.82, 2.24) is 9.97 Å². The zero-order valence-electron chi connectivity index (χ0n) is 11.6. The maximum Gasteiger partial charge on any atom is 0.132 e. The van der Waals surface area contributed by atoms with Crippen molar-refractivity contribution in [3.05, 3.63) is 11.9 Å². The summed E-state index contributed by atoms with van der Waals surface area (Å²) in [5, 5.41) is 6.62. The van der Waals surface area contributed by atoms with Crippen molar-refractivity contribution in [3.8, 4) is 0 Å². The predicted octanol–water partition coefficient (Wildman–Crippen LogP) is 3.21. The molecule has 0 atom stereocenters. The Morgan fingerprint density at radius 1 is 1.06 bits per heavy atom. The molecule has 0 saturated carbocycles. The van der Waals surface area contributed by atoms with Crippen molar-refractivity contribution in [2.45, 2.75) is 52.5 Å². The molecule has 2 N–H and O–H groups in total. The summed E-state index contributed by atoms with van der Waals surface area (Å²) in [6.07, 6.45) is 3.29. The zero-order valence-corrected chi connectivity index (χ0v) is 11.6. The van der Waals surface area contributed by atoms with Crippen molar-refractivity contribution in [2.75, 3.05) is 17.7 Å². The normalized spacial score (nSPS) is 11.4. The Morgan fingerprint density at radius 2 is 1.59 bits per heavy atom. The van der Waals surface area contributed by atoms with Crippen LogP contribution < -0.4 is 10.6 Å². The van der Waals surface area contributed by atoms with Crippen LogP contribution in [0.15, 0.2) is 6.07 Å². The quantitative estimate of drug-likeness (QED) is 0.796. The maximum absolute atomic E-state index is 4.45. The standard InChI is InChI=1S/C13H24N4/c1-6-13(7-2,8-3)17-12-9-11(14-5)15-10(4)16-12/h9H,6-8H2,1-5H3,(H2,14,15,16,17). The molecule has 0 aliphatic rings. The Bertz CT molecular complexity index is 350. The molecule has 1 rings (SSSR count). The fourth-order valence-corrected chi connectivity index (χ4v) is 2.05. The molecule has 0 unspecified atom stereocenters. The van der Waals surface area contributed by atoms with Crippen molar-refractivity contribution in [1.29, 1.82) is 0 Å². The van der Waals surface area contributed by atoms with Gasteiger partial charge in [-0.1, -0.05) is 20.8 Å². The lowest BCUT2D eigenvalue weighted by Gasteiger charge is -2.32. The van der Waals surface area contributed by atoms with Gasteiger partial charge in [0, 0.05) is 18.7 Å². The molecule has 0 fully saturated rings. The van der Waals surface area contributed by atoms with E-state index in [1.165, 1.54) is 0 Å². The van der Waals surface area contributed by atoms with Crippen LogP contribution >= 0.6 is 0 Å². The molecule has 1 aromatic heterocycles. The van der Waals surface area contributed by atoms with Gasteiger partial charge in [0.25, 0.3) is 0 Å². The van der Waals surface area contributed by atoms with Gasteiger partial charge >= 0.3 is 0 Å². The lowest BCUT2D eigenvalue weighted by Crippen LogP contribution is -2.36. The van der Waals surface area contributed by atoms with E-state index in [9.17, 15) is 0 Å². The lowest BCUT2D eigenvalue weighted by atomic mass is 9.90. The van der Waals surface area contributed by atoms with Gasteiger partial charge in [0.1, 0.15) is 17.5 Å². The van der Waals surface area contributed by atoms with Crippen molar-refractivity contribution in [2.24, 2.45) is 0 Å². The number of anilines is 2. The lowest BCUT2D eigenvalue weighted by molar-refractivity contribution is 0.419. The van der Waals surface area contributed by atoms with Crippen molar-refractivity contribution in [3.63, 3.8) is 0 Å². The summed E-state index contributed by atoms with van der Waals surface area (Å²) in [4.78, 5) is 8.75. The predicted molar refractivity (Wildman–Crippen MR) is 73.5 cm³/mol. The molecule has 1 heterocycles.